The molecule has 0 saturated heterocycles. The highest BCUT2D eigenvalue weighted by molar-refractivity contribution is 6.29. The number of nitrogens with zero attached hydrogens (tertiary/aromatic N) is 5. The molecule has 0 aliphatic rings. The van der Waals surface area contributed by atoms with Crippen molar-refractivity contribution in [2.45, 2.75) is 65.6 Å². The lowest BCUT2D eigenvalue weighted by Crippen LogP contribution is -2.31. The number of pyridine rings is 2. The molecule has 0 fully saturated rings. The number of halogens is 1. The summed E-state index contributed by atoms with van der Waals surface area (Å²) < 4.78 is 5.49. The number of amides is 1. The molecule has 0 radical (unpaired) electrons. The lowest BCUT2D eigenvalue weighted by Gasteiger charge is -2.35. The predicted octanol–water partition coefficient (Wildman–Crippen LogP) is 5.81. The topological polar surface area (TPSA) is 131 Å². The molecule has 1 amide bonds. The molecule has 4 aromatic rings. The number of benzene rings is 1. The number of aromatic nitrogens is 4. The summed E-state index contributed by atoms with van der Waals surface area (Å²) in [5.74, 6) is 0.776. The number of carbonyl (C=O) groups excluding carboxylic acids is 1. The minimum absolute atomic E-state index is 0.00548. The molecule has 222 valence electrons. The van der Waals surface area contributed by atoms with Crippen LogP contribution in [0.25, 0.3) is 11.5 Å². The molecule has 3 heterocycles. The molecule has 3 aromatic heterocycles. The largest absolute Gasteiger partial charge is 0.421 e. The fourth-order valence-electron chi connectivity index (χ4n) is 5.11. The van der Waals surface area contributed by atoms with Gasteiger partial charge in [0, 0.05) is 50.7 Å². The third-order valence-electron chi connectivity index (χ3n) is 7.47. The van der Waals surface area contributed by atoms with Gasteiger partial charge >= 0.3 is 0 Å². The Bertz CT molecular complexity index is 1470. The Morgan fingerprint density at radius 2 is 1.79 bits per heavy atom. The molecule has 0 spiro atoms. The summed E-state index contributed by atoms with van der Waals surface area (Å²) in [5, 5.41) is 19.4. The number of nitrogens with two attached hydrogens (primary N) is 1. The van der Waals surface area contributed by atoms with E-state index in [1.165, 1.54) is 0 Å². The highest BCUT2D eigenvalue weighted by Gasteiger charge is 2.32. The summed E-state index contributed by atoms with van der Waals surface area (Å²) in [6, 6.07) is 12.9. The van der Waals surface area contributed by atoms with Crippen molar-refractivity contribution in [1.29, 1.82) is 0 Å². The zero-order valence-corrected chi connectivity index (χ0v) is 25.5. The van der Waals surface area contributed by atoms with Crippen molar-refractivity contribution < 1.29 is 14.3 Å². The van der Waals surface area contributed by atoms with Gasteiger partial charge in [0.2, 0.25) is 11.8 Å². The first kappa shape index (κ1) is 31.3. The molecule has 0 bridgehead atoms. The Morgan fingerprint density at radius 1 is 1.05 bits per heavy atom. The molecule has 42 heavy (non-hydrogen) atoms. The minimum atomic E-state index is -0.662. The van der Waals surface area contributed by atoms with Crippen LogP contribution in [0.4, 0.5) is 0 Å². The van der Waals surface area contributed by atoms with Gasteiger partial charge in [0.15, 0.2) is 0 Å². The average Bonchev–Trinajstić information content (AvgIpc) is 3.39. The molecule has 0 saturated carbocycles. The van der Waals surface area contributed by atoms with Crippen LogP contribution < -0.4 is 5.73 Å². The van der Waals surface area contributed by atoms with Crippen LogP contribution in [0.5, 0.6) is 0 Å². The second-order valence-electron chi connectivity index (χ2n) is 11.9. The van der Waals surface area contributed by atoms with Crippen molar-refractivity contribution in [3.05, 3.63) is 94.4 Å². The van der Waals surface area contributed by atoms with Gasteiger partial charge in [-0.1, -0.05) is 50.6 Å². The van der Waals surface area contributed by atoms with Crippen LogP contribution in [-0.4, -0.2) is 49.2 Å². The van der Waals surface area contributed by atoms with Crippen LogP contribution in [0.3, 0.4) is 0 Å². The van der Waals surface area contributed by atoms with Gasteiger partial charge in [0.25, 0.3) is 5.91 Å². The number of hydrogen-bond donors (Lipinski definition) is 2. The van der Waals surface area contributed by atoms with Gasteiger partial charge in [-0.3, -0.25) is 9.78 Å². The molecule has 10 heteroatoms. The monoisotopic (exact) mass is 590 g/mol. The zero-order chi connectivity index (χ0) is 30.4. The minimum Gasteiger partial charge on any atom is -0.421 e. The molecule has 0 aliphatic heterocycles. The number of hydrogen-bond acceptors (Lipinski definition) is 8. The van der Waals surface area contributed by atoms with E-state index < -0.39 is 6.10 Å². The van der Waals surface area contributed by atoms with Crippen LogP contribution in [0.1, 0.15) is 72.7 Å². The van der Waals surface area contributed by atoms with E-state index in [-0.39, 0.29) is 23.3 Å². The second kappa shape index (κ2) is 13.5. The molecular weight excluding hydrogens is 552 g/mol. The number of carbonyl (C=O) groups is 1. The summed E-state index contributed by atoms with van der Waals surface area (Å²) >= 11 is 5.93. The molecule has 3 N–H and O–H groups in total. The van der Waals surface area contributed by atoms with Crippen LogP contribution in [0, 0.1) is 18.3 Å². The van der Waals surface area contributed by atoms with Gasteiger partial charge in [0.05, 0.1) is 11.7 Å². The fourth-order valence-corrected chi connectivity index (χ4v) is 5.22. The van der Waals surface area contributed by atoms with E-state index in [2.05, 4.69) is 40.9 Å². The highest BCUT2D eigenvalue weighted by Crippen LogP contribution is 2.39. The van der Waals surface area contributed by atoms with Gasteiger partial charge in [-0.2, -0.15) is 0 Å². The van der Waals surface area contributed by atoms with Gasteiger partial charge in [-0.15, -0.1) is 10.2 Å². The van der Waals surface area contributed by atoms with Crippen molar-refractivity contribution in [3.8, 4) is 11.5 Å². The Hall–Kier alpha value is -3.66. The summed E-state index contributed by atoms with van der Waals surface area (Å²) in [6.45, 7) is 8.50. The van der Waals surface area contributed by atoms with Crippen LogP contribution in [0.15, 0.2) is 65.5 Å². The Morgan fingerprint density at radius 3 is 2.40 bits per heavy atom. The van der Waals surface area contributed by atoms with E-state index in [0.717, 1.165) is 29.5 Å². The van der Waals surface area contributed by atoms with Crippen LogP contribution in [-0.2, 0) is 13.0 Å². The molecule has 3 atom stereocenters. The SMILES string of the molecule is Cc1nnc(-c2cncc(CN(C)C(=O)c3ccc(C[C@@H](N)CC[C@H]([C@H](O)c4ccc(Cl)nc4)C(C)(C)C)cc3)c2)o1. The van der Waals surface area contributed by atoms with Crippen molar-refractivity contribution in [1.82, 2.24) is 25.1 Å². The zero-order valence-electron chi connectivity index (χ0n) is 24.8. The van der Waals surface area contributed by atoms with Crippen LogP contribution in [0.2, 0.25) is 5.15 Å². The Kier molecular flexibility index (Phi) is 10.1. The second-order valence-corrected chi connectivity index (χ2v) is 12.3. The normalized spacial score (nSPS) is 13.9. The predicted molar refractivity (Wildman–Crippen MR) is 163 cm³/mol. The smallest absolute Gasteiger partial charge is 0.253 e. The maximum absolute atomic E-state index is 13.1. The van der Waals surface area contributed by atoms with E-state index in [0.29, 0.717) is 41.0 Å². The van der Waals surface area contributed by atoms with Gasteiger partial charge < -0.3 is 20.2 Å². The number of aryl methyl sites for hydroxylation is 1. The lowest BCUT2D eigenvalue weighted by atomic mass is 9.72. The first-order valence-electron chi connectivity index (χ1n) is 14.0. The molecular formula is C32H39ClN6O3. The first-order valence-corrected chi connectivity index (χ1v) is 14.4. The van der Waals surface area contributed by atoms with Gasteiger partial charge in [0.1, 0.15) is 5.15 Å². The van der Waals surface area contributed by atoms with Gasteiger partial charge in [-0.25, -0.2) is 4.98 Å². The van der Waals surface area contributed by atoms with E-state index in [1.807, 2.05) is 36.4 Å². The average molecular weight is 591 g/mol. The quantitative estimate of drug-likeness (QED) is 0.209. The molecule has 0 aliphatic carbocycles. The number of aliphatic hydroxyl groups is 1. The van der Waals surface area contributed by atoms with Crippen molar-refractivity contribution in [2.24, 2.45) is 17.1 Å². The van der Waals surface area contributed by atoms with Crippen molar-refractivity contribution >= 4 is 17.5 Å². The lowest BCUT2D eigenvalue weighted by molar-refractivity contribution is 0.0334. The summed E-state index contributed by atoms with van der Waals surface area (Å²) in [4.78, 5) is 23.2. The third-order valence-corrected chi connectivity index (χ3v) is 7.69. The van der Waals surface area contributed by atoms with E-state index >= 15 is 0 Å². The third kappa shape index (κ3) is 8.21. The van der Waals surface area contributed by atoms with Crippen molar-refractivity contribution in [2.75, 3.05) is 7.05 Å². The number of aliphatic hydroxyl groups excluding tert-OH is 1. The van der Waals surface area contributed by atoms with Crippen LogP contribution >= 0.6 is 11.6 Å². The maximum atomic E-state index is 13.1. The first-order chi connectivity index (χ1) is 19.9. The van der Waals surface area contributed by atoms with Crippen molar-refractivity contribution in [3.63, 3.8) is 0 Å². The molecule has 0 unspecified atom stereocenters. The summed E-state index contributed by atoms with van der Waals surface area (Å²) in [5.41, 5.74) is 10.4. The van der Waals surface area contributed by atoms with E-state index in [4.69, 9.17) is 21.8 Å². The fraction of sp³-hybridized carbons (Fsp3) is 0.406. The maximum Gasteiger partial charge on any atom is 0.253 e. The highest BCUT2D eigenvalue weighted by atomic mass is 35.5. The van der Waals surface area contributed by atoms with E-state index in [1.54, 1.807) is 43.5 Å². The summed E-state index contributed by atoms with van der Waals surface area (Å²) in [7, 11) is 1.76. The molecule has 4 rings (SSSR count). The summed E-state index contributed by atoms with van der Waals surface area (Å²) in [6.07, 6.45) is 6.54. The Balaban J connectivity index is 1.32. The number of rotatable bonds is 11. The van der Waals surface area contributed by atoms with E-state index in [9.17, 15) is 9.90 Å². The molecule has 1 aromatic carbocycles. The molecule has 9 nitrogen and oxygen atoms in total. The standard InChI is InChI=1S/C32H39ClN6O3/c1-20-37-38-30(42-20)25-14-22(16-35-17-25)19-39(5)31(41)23-8-6-21(7-9-23)15-26(34)11-12-27(32(2,3)4)29(40)24-10-13-28(33)36-18-24/h6-10,13-14,16-18,26-27,29,40H,11-12,15,19,34H2,1-5H3/t26-,27+,29+/m0/s1. The van der Waals surface area contributed by atoms with Gasteiger partial charge in [-0.05, 0) is 71.6 Å². The Labute approximate surface area is 252 Å².